The first kappa shape index (κ1) is 11.7. The second kappa shape index (κ2) is 4.64. The molecule has 0 aliphatic carbocycles. The van der Waals surface area contributed by atoms with E-state index in [0.29, 0.717) is 12.2 Å². The Morgan fingerprint density at radius 3 is 2.82 bits per heavy atom. The highest BCUT2D eigenvalue weighted by Crippen LogP contribution is 2.19. The summed E-state index contributed by atoms with van der Waals surface area (Å²) in [4.78, 5) is 14.5. The van der Waals surface area contributed by atoms with Crippen molar-refractivity contribution in [1.29, 1.82) is 0 Å². The number of nitrogens with zero attached hydrogens (tertiary/aromatic N) is 5. The van der Waals surface area contributed by atoms with E-state index in [4.69, 9.17) is 5.73 Å². The van der Waals surface area contributed by atoms with E-state index in [-0.39, 0.29) is 6.54 Å². The van der Waals surface area contributed by atoms with E-state index in [1.807, 2.05) is 19.0 Å². The molecule has 17 heavy (non-hydrogen) atoms. The Morgan fingerprint density at radius 2 is 2.18 bits per heavy atom. The van der Waals surface area contributed by atoms with Crippen LogP contribution in [0.2, 0.25) is 0 Å². The van der Waals surface area contributed by atoms with Crippen molar-refractivity contribution in [2.45, 2.75) is 12.6 Å². The lowest BCUT2D eigenvalue weighted by atomic mass is 10.3. The molecular formula is C10H16N6O. The minimum absolute atomic E-state index is 0.214. The molecule has 0 radical (unpaired) electrons. The number of aliphatic hydroxyl groups is 1. The van der Waals surface area contributed by atoms with Crippen LogP contribution in [0.1, 0.15) is 0 Å². The number of hydrogen-bond donors (Lipinski definition) is 2. The lowest BCUT2D eigenvalue weighted by Crippen LogP contribution is -2.25. The minimum atomic E-state index is -0.592. The first-order valence-corrected chi connectivity index (χ1v) is 5.34. The first-order chi connectivity index (χ1) is 8.13. The smallest absolute Gasteiger partial charge is 0.165 e. The molecule has 2 rings (SSSR count). The Bertz CT molecular complexity index is 508. The van der Waals surface area contributed by atoms with Gasteiger partial charge in [0.2, 0.25) is 0 Å². The predicted octanol–water partition coefficient (Wildman–Crippen LogP) is -0.788. The molecule has 0 saturated carbocycles. The second-order valence-electron chi connectivity index (χ2n) is 4.05. The van der Waals surface area contributed by atoms with Gasteiger partial charge in [-0.25, -0.2) is 15.0 Å². The Balaban J connectivity index is 2.44. The topological polar surface area (TPSA) is 93.1 Å². The number of aromatic nitrogens is 4. The third-order valence-electron chi connectivity index (χ3n) is 2.49. The summed E-state index contributed by atoms with van der Waals surface area (Å²) >= 11 is 0. The van der Waals surface area contributed by atoms with E-state index in [2.05, 4.69) is 15.0 Å². The molecule has 1 atom stereocenters. The lowest BCUT2D eigenvalue weighted by molar-refractivity contribution is 0.163. The first-order valence-electron chi connectivity index (χ1n) is 5.34. The van der Waals surface area contributed by atoms with Gasteiger partial charge in [-0.2, -0.15) is 0 Å². The molecule has 2 aromatic rings. The number of imidazole rings is 1. The Morgan fingerprint density at radius 1 is 1.41 bits per heavy atom. The van der Waals surface area contributed by atoms with Gasteiger partial charge in [-0.1, -0.05) is 0 Å². The van der Waals surface area contributed by atoms with Gasteiger partial charge in [-0.15, -0.1) is 0 Å². The van der Waals surface area contributed by atoms with Gasteiger partial charge in [-0.05, 0) is 0 Å². The number of fused-ring (bicyclic) bond motifs is 1. The molecule has 7 nitrogen and oxygen atoms in total. The average Bonchev–Trinajstić information content (AvgIpc) is 2.72. The summed E-state index contributed by atoms with van der Waals surface area (Å²) in [7, 11) is 3.80. The number of nitrogens with two attached hydrogens (primary N) is 1. The van der Waals surface area contributed by atoms with Crippen LogP contribution in [0.4, 0.5) is 5.82 Å². The van der Waals surface area contributed by atoms with Gasteiger partial charge in [0.25, 0.3) is 0 Å². The Labute approximate surface area is 98.9 Å². The van der Waals surface area contributed by atoms with Gasteiger partial charge < -0.3 is 20.3 Å². The van der Waals surface area contributed by atoms with Crippen LogP contribution in [-0.2, 0) is 6.54 Å². The number of hydrogen-bond acceptors (Lipinski definition) is 6. The minimum Gasteiger partial charge on any atom is -0.390 e. The van der Waals surface area contributed by atoms with Crippen molar-refractivity contribution < 1.29 is 5.11 Å². The molecule has 2 heterocycles. The zero-order chi connectivity index (χ0) is 12.4. The summed E-state index contributed by atoms with van der Waals surface area (Å²) in [6, 6.07) is 0. The molecule has 92 valence electrons. The second-order valence-corrected chi connectivity index (χ2v) is 4.05. The van der Waals surface area contributed by atoms with Crippen molar-refractivity contribution in [3.63, 3.8) is 0 Å². The van der Waals surface area contributed by atoms with Crippen molar-refractivity contribution in [2.24, 2.45) is 5.73 Å². The van der Waals surface area contributed by atoms with Crippen molar-refractivity contribution in [3.8, 4) is 0 Å². The standard InChI is InChI=1S/C10H16N6O/c1-15(2)9-8-10(13-5-12-9)16(6-14-8)4-7(17)3-11/h5-7,17H,3-4,11H2,1-2H3/t7-/m0/s1. The van der Waals surface area contributed by atoms with Crippen LogP contribution in [0.5, 0.6) is 0 Å². The summed E-state index contributed by atoms with van der Waals surface area (Å²) in [6.07, 6.45) is 2.54. The van der Waals surface area contributed by atoms with E-state index in [9.17, 15) is 5.11 Å². The van der Waals surface area contributed by atoms with Crippen LogP contribution in [-0.4, -0.2) is 51.4 Å². The van der Waals surface area contributed by atoms with Gasteiger partial charge in [0.15, 0.2) is 17.0 Å². The molecule has 0 amide bonds. The van der Waals surface area contributed by atoms with Crippen LogP contribution in [0.25, 0.3) is 11.2 Å². The number of rotatable bonds is 4. The fourth-order valence-corrected chi connectivity index (χ4v) is 1.63. The molecule has 0 saturated heterocycles. The van der Waals surface area contributed by atoms with Crippen LogP contribution in [0.15, 0.2) is 12.7 Å². The summed E-state index contributed by atoms with van der Waals surface area (Å²) in [5.41, 5.74) is 6.81. The molecule has 0 bridgehead atoms. The van der Waals surface area contributed by atoms with E-state index < -0.39 is 6.10 Å². The van der Waals surface area contributed by atoms with E-state index >= 15 is 0 Å². The van der Waals surface area contributed by atoms with Crippen LogP contribution >= 0.6 is 0 Å². The largest absolute Gasteiger partial charge is 0.390 e. The maximum Gasteiger partial charge on any atom is 0.165 e. The molecule has 0 unspecified atom stereocenters. The molecule has 0 aromatic carbocycles. The van der Waals surface area contributed by atoms with Crippen molar-refractivity contribution >= 4 is 17.0 Å². The van der Waals surface area contributed by atoms with E-state index in [0.717, 1.165) is 11.3 Å². The molecule has 7 heteroatoms. The molecule has 0 aliphatic rings. The maximum absolute atomic E-state index is 9.54. The number of anilines is 1. The Hall–Kier alpha value is -1.73. The summed E-state index contributed by atoms with van der Waals surface area (Å²) in [6.45, 7) is 0.599. The quantitative estimate of drug-likeness (QED) is 0.722. The van der Waals surface area contributed by atoms with Crippen LogP contribution in [0.3, 0.4) is 0 Å². The summed E-state index contributed by atoms with van der Waals surface area (Å²) in [5.74, 6) is 0.760. The number of aliphatic hydroxyl groups excluding tert-OH is 1. The van der Waals surface area contributed by atoms with Crippen LogP contribution < -0.4 is 10.6 Å². The highest BCUT2D eigenvalue weighted by Gasteiger charge is 2.12. The van der Waals surface area contributed by atoms with Gasteiger partial charge in [0.1, 0.15) is 6.33 Å². The van der Waals surface area contributed by atoms with Crippen LogP contribution in [0, 0.1) is 0 Å². The monoisotopic (exact) mass is 236 g/mol. The highest BCUT2D eigenvalue weighted by molar-refractivity contribution is 5.82. The summed E-state index contributed by atoms with van der Waals surface area (Å²) in [5, 5.41) is 9.54. The van der Waals surface area contributed by atoms with Gasteiger partial charge in [0.05, 0.1) is 19.0 Å². The van der Waals surface area contributed by atoms with Crippen molar-refractivity contribution in [1.82, 2.24) is 19.5 Å². The zero-order valence-corrected chi connectivity index (χ0v) is 9.91. The van der Waals surface area contributed by atoms with E-state index in [1.54, 1.807) is 10.9 Å². The molecule has 0 spiro atoms. The van der Waals surface area contributed by atoms with Gasteiger partial charge in [-0.3, -0.25) is 0 Å². The highest BCUT2D eigenvalue weighted by atomic mass is 16.3. The maximum atomic E-state index is 9.54. The predicted molar refractivity (Wildman–Crippen MR) is 64.7 cm³/mol. The van der Waals surface area contributed by atoms with E-state index in [1.165, 1.54) is 6.33 Å². The molecule has 3 N–H and O–H groups in total. The average molecular weight is 236 g/mol. The zero-order valence-electron chi connectivity index (χ0n) is 9.91. The SMILES string of the molecule is CN(C)c1ncnc2c1ncn2C[C@@H](O)CN. The lowest BCUT2D eigenvalue weighted by Gasteiger charge is -2.11. The normalized spacial score (nSPS) is 12.9. The summed E-state index contributed by atoms with van der Waals surface area (Å²) < 4.78 is 1.78. The molecule has 0 fully saturated rings. The fourth-order valence-electron chi connectivity index (χ4n) is 1.63. The van der Waals surface area contributed by atoms with Crippen molar-refractivity contribution in [2.75, 3.05) is 25.5 Å². The third kappa shape index (κ3) is 2.20. The fraction of sp³-hybridized carbons (Fsp3) is 0.500. The molecule has 0 aliphatic heterocycles. The van der Waals surface area contributed by atoms with Gasteiger partial charge in [0, 0.05) is 20.6 Å². The third-order valence-corrected chi connectivity index (χ3v) is 2.49. The van der Waals surface area contributed by atoms with Crippen molar-refractivity contribution in [3.05, 3.63) is 12.7 Å². The Kier molecular flexibility index (Phi) is 3.21. The van der Waals surface area contributed by atoms with Gasteiger partial charge >= 0.3 is 0 Å². The molecular weight excluding hydrogens is 220 g/mol. The molecule has 2 aromatic heterocycles.